The summed E-state index contributed by atoms with van der Waals surface area (Å²) in [6, 6.07) is 2.12. The van der Waals surface area contributed by atoms with E-state index in [0.717, 1.165) is 24.6 Å². The zero-order valence-corrected chi connectivity index (χ0v) is 8.85. The van der Waals surface area contributed by atoms with Crippen LogP contribution < -0.4 is 5.32 Å². The summed E-state index contributed by atoms with van der Waals surface area (Å²) >= 11 is 0. The standard InChI is InChI=1S/C10H18N2O/c1-8-9(6-11-2)5-10(13-8)7-12(3)4/h5,11H,6-7H2,1-4H3. The Hall–Kier alpha value is -0.800. The van der Waals surface area contributed by atoms with E-state index in [4.69, 9.17) is 4.42 Å². The van der Waals surface area contributed by atoms with Crippen LogP contribution >= 0.6 is 0 Å². The van der Waals surface area contributed by atoms with Crippen molar-refractivity contribution in [2.45, 2.75) is 20.0 Å². The molecule has 0 spiro atoms. The highest BCUT2D eigenvalue weighted by Crippen LogP contribution is 2.15. The van der Waals surface area contributed by atoms with Crippen LogP contribution in [-0.2, 0) is 13.1 Å². The van der Waals surface area contributed by atoms with Crippen LogP contribution in [0.3, 0.4) is 0 Å². The minimum absolute atomic E-state index is 0.866. The SMILES string of the molecule is CNCc1cc(CN(C)C)oc1C. The quantitative estimate of drug-likeness (QED) is 0.762. The Morgan fingerprint density at radius 2 is 2.15 bits per heavy atom. The van der Waals surface area contributed by atoms with E-state index in [0.29, 0.717) is 0 Å². The van der Waals surface area contributed by atoms with Crippen LogP contribution in [-0.4, -0.2) is 26.0 Å². The van der Waals surface area contributed by atoms with Crippen molar-refractivity contribution in [1.82, 2.24) is 10.2 Å². The number of nitrogens with zero attached hydrogens (tertiary/aromatic N) is 1. The Morgan fingerprint density at radius 1 is 1.46 bits per heavy atom. The van der Waals surface area contributed by atoms with Crippen LogP contribution in [0.25, 0.3) is 0 Å². The molecule has 0 aliphatic carbocycles. The predicted octanol–water partition coefficient (Wildman–Crippen LogP) is 1.37. The van der Waals surface area contributed by atoms with Gasteiger partial charge in [-0.25, -0.2) is 0 Å². The minimum Gasteiger partial charge on any atom is -0.465 e. The van der Waals surface area contributed by atoms with Crippen LogP contribution in [0.4, 0.5) is 0 Å². The average molecular weight is 182 g/mol. The third-order valence-corrected chi connectivity index (χ3v) is 1.91. The molecule has 0 aromatic carbocycles. The largest absolute Gasteiger partial charge is 0.465 e. The molecule has 3 heteroatoms. The molecule has 0 radical (unpaired) electrons. The molecule has 0 amide bonds. The predicted molar refractivity (Wildman–Crippen MR) is 53.6 cm³/mol. The maximum atomic E-state index is 5.60. The average Bonchev–Trinajstić information content (AvgIpc) is 2.31. The highest BCUT2D eigenvalue weighted by Gasteiger charge is 2.06. The first kappa shape index (κ1) is 10.3. The van der Waals surface area contributed by atoms with E-state index in [1.807, 2.05) is 28.1 Å². The molecule has 1 aromatic rings. The molecule has 1 heterocycles. The third kappa shape index (κ3) is 2.86. The lowest BCUT2D eigenvalue weighted by atomic mass is 10.2. The summed E-state index contributed by atoms with van der Waals surface area (Å²) in [6.07, 6.45) is 0. The number of hydrogen-bond acceptors (Lipinski definition) is 3. The molecule has 0 bridgehead atoms. The number of furan rings is 1. The first-order valence-corrected chi connectivity index (χ1v) is 4.51. The summed E-state index contributed by atoms with van der Waals surface area (Å²) in [6.45, 7) is 3.75. The molecule has 0 fully saturated rings. The summed E-state index contributed by atoms with van der Waals surface area (Å²) in [4.78, 5) is 2.10. The van der Waals surface area contributed by atoms with E-state index < -0.39 is 0 Å². The van der Waals surface area contributed by atoms with Crippen molar-refractivity contribution >= 4 is 0 Å². The fourth-order valence-electron chi connectivity index (χ4n) is 1.34. The molecule has 0 aliphatic rings. The highest BCUT2D eigenvalue weighted by molar-refractivity contribution is 5.20. The molecule has 0 aliphatic heterocycles. The summed E-state index contributed by atoms with van der Waals surface area (Å²) in [7, 11) is 6.02. The van der Waals surface area contributed by atoms with Crippen LogP contribution in [0.1, 0.15) is 17.1 Å². The number of rotatable bonds is 4. The summed E-state index contributed by atoms with van der Waals surface area (Å²) in [5.41, 5.74) is 1.25. The fourth-order valence-corrected chi connectivity index (χ4v) is 1.34. The maximum Gasteiger partial charge on any atom is 0.118 e. The van der Waals surface area contributed by atoms with Gasteiger partial charge in [0.2, 0.25) is 0 Å². The lowest BCUT2D eigenvalue weighted by Gasteiger charge is -2.05. The van der Waals surface area contributed by atoms with Crippen molar-refractivity contribution in [3.8, 4) is 0 Å². The van der Waals surface area contributed by atoms with Crippen molar-refractivity contribution in [3.63, 3.8) is 0 Å². The molecular formula is C10H18N2O. The summed E-state index contributed by atoms with van der Waals surface area (Å²) in [5, 5.41) is 3.12. The molecule has 3 nitrogen and oxygen atoms in total. The topological polar surface area (TPSA) is 28.4 Å². The Labute approximate surface area is 79.7 Å². The van der Waals surface area contributed by atoms with Gasteiger partial charge in [-0.15, -0.1) is 0 Å². The maximum absolute atomic E-state index is 5.60. The summed E-state index contributed by atoms with van der Waals surface area (Å²) < 4.78 is 5.60. The molecule has 0 unspecified atom stereocenters. The zero-order valence-electron chi connectivity index (χ0n) is 8.85. The Balaban J connectivity index is 2.70. The molecule has 0 saturated heterocycles. The van der Waals surface area contributed by atoms with Crippen molar-refractivity contribution in [2.24, 2.45) is 0 Å². The molecule has 0 atom stereocenters. The van der Waals surface area contributed by atoms with E-state index in [1.54, 1.807) is 0 Å². The first-order valence-electron chi connectivity index (χ1n) is 4.51. The third-order valence-electron chi connectivity index (χ3n) is 1.91. The molecule has 13 heavy (non-hydrogen) atoms. The summed E-state index contributed by atoms with van der Waals surface area (Å²) in [5.74, 6) is 2.05. The van der Waals surface area contributed by atoms with Crippen LogP contribution in [0.5, 0.6) is 0 Å². The Kier molecular flexibility index (Phi) is 3.51. The van der Waals surface area contributed by atoms with Gasteiger partial charge in [-0.05, 0) is 34.1 Å². The van der Waals surface area contributed by atoms with Gasteiger partial charge >= 0.3 is 0 Å². The van der Waals surface area contributed by atoms with Crippen molar-refractivity contribution in [3.05, 3.63) is 23.2 Å². The van der Waals surface area contributed by atoms with Gasteiger partial charge in [-0.3, -0.25) is 0 Å². The van der Waals surface area contributed by atoms with Crippen LogP contribution in [0.15, 0.2) is 10.5 Å². The lowest BCUT2D eigenvalue weighted by molar-refractivity contribution is 0.345. The normalized spacial score (nSPS) is 11.2. The van der Waals surface area contributed by atoms with Crippen LogP contribution in [0.2, 0.25) is 0 Å². The molecule has 0 saturated carbocycles. The van der Waals surface area contributed by atoms with Gasteiger partial charge in [-0.1, -0.05) is 0 Å². The van der Waals surface area contributed by atoms with Gasteiger partial charge in [0.25, 0.3) is 0 Å². The first-order chi connectivity index (χ1) is 6.13. The van der Waals surface area contributed by atoms with Gasteiger partial charge < -0.3 is 14.6 Å². The zero-order chi connectivity index (χ0) is 9.84. The number of hydrogen-bond donors (Lipinski definition) is 1. The minimum atomic E-state index is 0.866. The van der Waals surface area contributed by atoms with E-state index in [2.05, 4.69) is 16.3 Å². The Bertz CT molecular complexity index is 266. The monoisotopic (exact) mass is 182 g/mol. The smallest absolute Gasteiger partial charge is 0.118 e. The molecule has 1 N–H and O–H groups in total. The number of aryl methyl sites for hydroxylation is 1. The van der Waals surface area contributed by atoms with Crippen molar-refractivity contribution < 1.29 is 4.42 Å². The second-order valence-electron chi connectivity index (χ2n) is 3.56. The van der Waals surface area contributed by atoms with Crippen molar-refractivity contribution in [2.75, 3.05) is 21.1 Å². The lowest BCUT2D eigenvalue weighted by Crippen LogP contribution is -2.09. The van der Waals surface area contributed by atoms with Gasteiger partial charge in [0.15, 0.2) is 0 Å². The fraction of sp³-hybridized carbons (Fsp3) is 0.600. The van der Waals surface area contributed by atoms with Gasteiger partial charge in [0, 0.05) is 12.1 Å². The Morgan fingerprint density at radius 3 is 2.69 bits per heavy atom. The van der Waals surface area contributed by atoms with Crippen LogP contribution in [0, 0.1) is 6.92 Å². The van der Waals surface area contributed by atoms with Crippen molar-refractivity contribution in [1.29, 1.82) is 0 Å². The van der Waals surface area contributed by atoms with E-state index in [-0.39, 0.29) is 0 Å². The second-order valence-corrected chi connectivity index (χ2v) is 3.56. The van der Waals surface area contributed by atoms with E-state index in [9.17, 15) is 0 Å². The van der Waals surface area contributed by atoms with E-state index in [1.165, 1.54) is 5.56 Å². The molecule has 1 aromatic heterocycles. The number of nitrogens with one attached hydrogen (secondary N) is 1. The second kappa shape index (κ2) is 4.44. The van der Waals surface area contributed by atoms with Gasteiger partial charge in [0.1, 0.15) is 11.5 Å². The molecule has 74 valence electrons. The van der Waals surface area contributed by atoms with E-state index >= 15 is 0 Å². The highest BCUT2D eigenvalue weighted by atomic mass is 16.3. The van der Waals surface area contributed by atoms with Gasteiger partial charge in [0.05, 0.1) is 6.54 Å². The van der Waals surface area contributed by atoms with Gasteiger partial charge in [-0.2, -0.15) is 0 Å². The molecule has 1 rings (SSSR count). The molecular weight excluding hydrogens is 164 g/mol.